The highest BCUT2D eigenvalue weighted by molar-refractivity contribution is 7.89. The number of amides is 1. The Morgan fingerprint density at radius 3 is 2.47 bits per heavy atom. The molecule has 12 nitrogen and oxygen atoms in total. The summed E-state index contributed by atoms with van der Waals surface area (Å²) in [6, 6.07) is 4.89. The van der Waals surface area contributed by atoms with Crippen molar-refractivity contribution in [2.45, 2.75) is 42.7 Å². The number of aliphatic hydroxyl groups is 1. The lowest BCUT2D eigenvalue weighted by Gasteiger charge is -2.37. The van der Waals surface area contributed by atoms with Gasteiger partial charge in [0.05, 0.1) is 22.2 Å². The molecule has 2 N–H and O–H groups in total. The number of alkyl halides is 2. The highest BCUT2D eigenvalue weighted by Crippen LogP contribution is 2.40. The molecule has 38 heavy (non-hydrogen) atoms. The Morgan fingerprint density at radius 2 is 1.92 bits per heavy atom. The molecule has 1 amide bonds. The van der Waals surface area contributed by atoms with Gasteiger partial charge in [0.1, 0.15) is 17.3 Å². The number of carbonyl (C=O) groups is 1. The molecule has 3 aromatic rings. The van der Waals surface area contributed by atoms with E-state index in [1.165, 1.54) is 28.6 Å². The maximum absolute atomic E-state index is 13.4. The van der Waals surface area contributed by atoms with Crippen LogP contribution in [-0.4, -0.2) is 82.1 Å². The summed E-state index contributed by atoms with van der Waals surface area (Å²) in [7, 11) is -2.49. The number of hydrogen-bond acceptors (Lipinski definition) is 10. The van der Waals surface area contributed by atoms with Crippen LogP contribution in [0.25, 0.3) is 21.6 Å². The summed E-state index contributed by atoms with van der Waals surface area (Å²) in [5.41, 5.74) is 0.108. The largest absolute Gasteiger partial charge is 0.384 e. The van der Waals surface area contributed by atoms with E-state index in [2.05, 4.69) is 20.0 Å². The van der Waals surface area contributed by atoms with Crippen LogP contribution < -0.4 is 9.62 Å². The fourth-order valence-electron chi connectivity index (χ4n) is 4.45. The molecule has 2 aromatic heterocycles. The molecule has 202 valence electrons. The average Bonchev–Trinajstić information content (AvgIpc) is 3.31. The fourth-order valence-corrected chi connectivity index (χ4v) is 6.57. The second-order valence-corrected chi connectivity index (χ2v) is 12.0. The number of aromatic nitrogens is 4. The second-order valence-electron chi connectivity index (χ2n) is 9.34. The van der Waals surface area contributed by atoms with Crippen LogP contribution in [0.3, 0.4) is 0 Å². The number of nitriles is 1. The van der Waals surface area contributed by atoms with Crippen LogP contribution in [0.15, 0.2) is 17.0 Å². The number of hydrogen-bond donors (Lipinski definition) is 2. The second kappa shape index (κ2) is 9.49. The summed E-state index contributed by atoms with van der Waals surface area (Å²) in [6.45, 7) is 2.70. The van der Waals surface area contributed by atoms with Crippen LogP contribution in [0, 0.1) is 11.3 Å². The topological polar surface area (TPSA) is 157 Å². The summed E-state index contributed by atoms with van der Waals surface area (Å²) >= 11 is 0.669. The molecule has 1 aliphatic heterocycles. The van der Waals surface area contributed by atoms with Gasteiger partial charge >= 0.3 is 0 Å². The zero-order chi connectivity index (χ0) is 27.4. The number of rotatable bonds is 7. The lowest BCUT2D eigenvalue weighted by Crippen LogP contribution is -2.51. The number of anilines is 1. The summed E-state index contributed by atoms with van der Waals surface area (Å²) < 4.78 is 57.2. The third kappa shape index (κ3) is 4.70. The summed E-state index contributed by atoms with van der Waals surface area (Å²) in [5.74, 6) is -0.393. The van der Waals surface area contributed by atoms with Crippen molar-refractivity contribution in [1.82, 2.24) is 29.6 Å². The van der Waals surface area contributed by atoms with Crippen molar-refractivity contribution in [2.24, 2.45) is 7.05 Å². The van der Waals surface area contributed by atoms with Crippen molar-refractivity contribution in [1.29, 1.82) is 5.26 Å². The lowest BCUT2D eigenvalue weighted by molar-refractivity contribution is -0.139. The quantitative estimate of drug-likeness (QED) is 0.431. The summed E-state index contributed by atoms with van der Waals surface area (Å²) in [4.78, 5) is 15.6. The normalized spacial score (nSPS) is 18.1. The van der Waals surface area contributed by atoms with E-state index in [1.54, 1.807) is 7.05 Å². The van der Waals surface area contributed by atoms with Gasteiger partial charge in [-0.25, -0.2) is 17.2 Å². The Balaban J connectivity index is 1.62. The summed E-state index contributed by atoms with van der Waals surface area (Å²) in [6.07, 6.45) is -3.15. The van der Waals surface area contributed by atoms with Crippen LogP contribution >= 0.6 is 11.3 Å². The first-order valence-electron chi connectivity index (χ1n) is 11.7. The van der Waals surface area contributed by atoms with Crippen molar-refractivity contribution in [3.8, 4) is 16.8 Å². The van der Waals surface area contributed by atoms with E-state index in [-0.39, 0.29) is 15.6 Å². The van der Waals surface area contributed by atoms with Gasteiger partial charge in [-0.2, -0.15) is 15.1 Å². The maximum Gasteiger partial charge on any atom is 0.291 e. The molecule has 2 aliphatic rings. The molecule has 0 radical (unpaired) electrons. The molecule has 1 saturated heterocycles. The van der Waals surface area contributed by atoms with E-state index in [9.17, 15) is 32.4 Å². The van der Waals surface area contributed by atoms with Crippen molar-refractivity contribution < 1.29 is 27.1 Å². The van der Waals surface area contributed by atoms with E-state index in [0.717, 1.165) is 0 Å². The van der Waals surface area contributed by atoms with Gasteiger partial charge < -0.3 is 14.9 Å². The van der Waals surface area contributed by atoms with Crippen LogP contribution in [0.4, 0.5) is 14.5 Å². The fraction of sp³-hybridized carbons (Fsp3) is 0.500. The van der Waals surface area contributed by atoms with Gasteiger partial charge in [-0.05, 0) is 31.9 Å². The zero-order valence-electron chi connectivity index (χ0n) is 20.4. The van der Waals surface area contributed by atoms with Gasteiger partial charge in [-0.3, -0.25) is 9.48 Å². The van der Waals surface area contributed by atoms with Crippen molar-refractivity contribution in [3.63, 3.8) is 0 Å². The monoisotopic (exact) mass is 566 g/mol. The zero-order valence-corrected chi connectivity index (χ0v) is 22.1. The Hall–Kier alpha value is -3.26. The predicted octanol–water partition coefficient (Wildman–Crippen LogP) is 1.39. The minimum Gasteiger partial charge on any atom is -0.384 e. The molecule has 0 spiro atoms. The third-order valence-corrected chi connectivity index (χ3v) is 9.07. The first-order valence-corrected chi connectivity index (χ1v) is 14.0. The standard InChI is InChI=1S/C22H24F2N8O4S2/c1-12(33)21(34)32-7-5-31(6-8-32)15-10-13(38(35,36)29-22(11-25)3-4-22)9-14-16(28-30(2)17(14)15)19-26-27-20(37-19)18(23)24/h9-10,12,18,29,33H,3-8H2,1-2H3. The number of aryl methyl sites for hydroxylation is 1. The number of sulfonamides is 1. The molecule has 1 saturated carbocycles. The molecular weight excluding hydrogens is 542 g/mol. The molecular formula is C22H24F2N8O4S2. The molecule has 1 aliphatic carbocycles. The van der Waals surface area contributed by atoms with Crippen molar-refractivity contribution in [2.75, 3.05) is 31.1 Å². The molecule has 0 bridgehead atoms. The molecule has 3 heterocycles. The number of piperazine rings is 1. The van der Waals surface area contributed by atoms with Gasteiger partial charge in [0.2, 0.25) is 10.0 Å². The Labute approximate surface area is 220 Å². The van der Waals surface area contributed by atoms with E-state index in [0.29, 0.717) is 66.9 Å². The van der Waals surface area contributed by atoms with Crippen LogP contribution in [-0.2, 0) is 21.9 Å². The van der Waals surface area contributed by atoms with E-state index < -0.39 is 39.0 Å². The first-order chi connectivity index (χ1) is 17.9. The SMILES string of the molecule is CC(O)C(=O)N1CCN(c2cc(S(=O)(=O)NC3(C#N)CC3)cc3c(-c4nnc(C(F)F)s4)nn(C)c23)CC1. The van der Waals surface area contributed by atoms with Gasteiger partial charge in [-0.15, -0.1) is 10.2 Å². The lowest BCUT2D eigenvalue weighted by atomic mass is 10.1. The number of nitrogens with one attached hydrogen (secondary N) is 1. The highest BCUT2D eigenvalue weighted by atomic mass is 32.2. The van der Waals surface area contributed by atoms with E-state index >= 15 is 0 Å². The number of carbonyl (C=O) groups excluding carboxylic acids is 1. The molecule has 5 rings (SSSR count). The number of nitrogens with zero attached hydrogens (tertiary/aromatic N) is 7. The van der Waals surface area contributed by atoms with E-state index in [1.807, 2.05) is 11.0 Å². The Morgan fingerprint density at radius 1 is 1.24 bits per heavy atom. The first kappa shape index (κ1) is 26.4. The number of halogens is 2. The molecule has 1 atom stereocenters. The van der Waals surface area contributed by atoms with Gasteiger partial charge in [0, 0.05) is 38.6 Å². The summed E-state index contributed by atoms with van der Waals surface area (Å²) in [5, 5.41) is 30.9. The number of aliphatic hydroxyl groups excluding tert-OH is 1. The van der Waals surface area contributed by atoms with Gasteiger partial charge in [0.15, 0.2) is 10.0 Å². The number of benzene rings is 1. The minimum atomic E-state index is -4.14. The molecule has 1 unspecified atom stereocenters. The highest BCUT2D eigenvalue weighted by Gasteiger charge is 2.47. The van der Waals surface area contributed by atoms with Gasteiger partial charge in [0.25, 0.3) is 12.3 Å². The molecule has 16 heteroatoms. The van der Waals surface area contributed by atoms with Crippen LogP contribution in [0.5, 0.6) is 0 Å². The molecule has 2 fully saturated rings. The third-order valence-electron chi connectivity index (χ3n) is 6.62. The van der Waals surface area contributed by atoms with Crippen LogP contribution in [0.1, 0.15) is 31.2 Å². The number of fused-ring (bicyclic) bond motifs is 1. The Kier molecular flexibility index (Phi) is 6.58. The average molecular weight is 567 g/mol. The van der Waals surface area contributed by atoms with Crippen molar-refractivity contribution in [3.05, 3.63) is 17.1 Å². The predicted molar refractivity (Wildman–Crippen MR) is 133 cm³/mol. The Bertz CT molecular complexity index is 1550. The van der Waals surface area contributed by atoms with Crippen molar-refractivity contribution >= 4 is 43.9 Å². The van der Waals surface area contributed by atoms with Crippen LogP contribution in [0.2, 0.25) is 0 Å². The van der Waals surface area contributed by atoms with E-state index in [4.69, 9.17) is 0 Å². The van der Waals surface area contributed by atoms with Gasteiger partial charge in [-0.1, -0.05) is 11.3 Å². The minimum absolute atomic E-state index is 0.113. The smallest absolute Gasteiger partial charge is 0.291 e. The molecule has 1 aromatic carbocycles. The maximum atomic E-state index is 13.4.